The van der Waals surface area contributed by atoms with Crippen LogP contribution in [0.3, 0.4) is 0 Å². The molecule has 3 nitrogen and oxygen atoms in total. The van der Waals surface area contributed by atoms with Gasteiger partial charge in [-0.3, -0.25) is 11.3 Å². The Labute approximate surface area is 89.6 Å². The van der Waals surface area contributed by atoms with E-state index in [0.29, 0.717) is 12.0 Å². The molecule has 1 aromatic rings. The van der Waals surface area contributed by atoms with Crippen LogP contribution in [0.1, 0.15) is 18.4 Å². The summed E-state index contributed by atoms with van der Waals surface area (Å²) in [6, 6.07) is 8.57. The molecule has 0 radical (unpaired) electrons. The third-order valence-electron chi connectivity index (χ3n) is 3.39. The van der Waals surface area contributed by atoms with Crippen molar-refractivity contribution in [3.05, 3.63) is 29.8 Å². The Bertz CT molecular complexity index is 337. The molecule has 15 heavy (non-hydrogen) atoms. The molecule has 2 unspecified atom stereocenters. The first-order valence-electron chi connectivity index (χ1n) is 5.59. The fourth-order valence-electron chi connectivity index (χ4n) is 2.41. The Hall–Kier alpha value is -1.06. The van der Waals surface area contributed by atoms with E-state index in [1.54, 1.807) is 0 Å². The summed E-state index contributed by atoms with van der Waals surface area (Å²) in [4.78, 5) is 0. The second-order valence-corrected chi connectivity index (χ2v) is 4.50. The van der Waals surface area contributed by atoms with Gasteiger partial charge in [0.1, 0.15) is 11.9 Å². The normalized spacial score (nSPS) is 25.8. The van der Waals surface area contributed by atoms with Crippen LogP contribution in [-0.2, 0) is 6.42 Å². The smallest absolute Gasteiger partial charge is 0.123 e. The van der Waals surface area contributed by atoms with E-state index in [9.17, 15) is 0 Å². The first kappa shape index (κ1) is 9.19. The molecule has 1 fully saturated rings. The molecule has 1 saturated carbocycles. The molecule has 0 amide bonds. The van der Waals surface area contributed by atoms with E-state index in [1.165, 1.54) is 18.4 Å². The highest BCUT2D eigenvalue weighted by Crippen LogP contribution is 2.38. The van der Waals surface area contributed by atoms with Crippen molar-refractivity contribution in [1.82, 2.24) is 5.43 Å². The van der Waals surface area contributed by atoms with E-state index in [1.807, 2.05) is 12.1 Å². The molecule has 0 aromatic heterocycles. The zero-order valence-electron chi connectivity index (χ0n) is 8.65. The molecule has 3 heteroatoms. The minimum absolute atomic E-state index is 0.222. The molecule has 0 spiro atoms. The van der Waals surface area contributed by atoms with Crippen LogP contribution in [0.4, 0.5) is 0 Å². The highest BCUT2D eigenvalue weighted by molar-refractivity contribution is 5.37. The second kappa shape index (κ2) is 3.51. The number of hydrazine groups is 1. The van der Waals surface area contributed by atoms with Gasteiger partial charge in [0.15, 0.2) is 0 Å². The standard InChI is InChI=1S/C12H16N2O/c13-14-12(8-5-6-8)11-7-9-3-1-2-4-10(9)15-11/h1-4,8,11-12,14H,5-7,13H2. The van der Waals surface area contributed by atoms with Crippen LogP contribution in [0.2, 0.25) is 0 Å². The fourth-order valence-corrected chi connectivity index (χ4v) is 2.41. The van der Waals surface area contributed by atoms with Crippen LogP contribution in [0.25, 0.3) is 0 Å². The Morgan fingerprint density at radius 3 is 2.80 bits per heavy atom. The van der Waals surface area contributed by atoms with E-state index in [-0.39, 0.29) is 6.10 Å². The van der Waals surface area contributed by atoms with Crippen LogP contribution >= 0.6 is 0 Å². The van der Waals surface area contributed by atoms with Crippen molar-refractivity contribution in [2.24, 2.45) is 11.8 Å². The number of nitrogens with one attached hydrogen (secondary N) is 1. The number of hydrogen-bond acceptors (Lipinski definition) is 3. The monoisotopic (exact) mass is 204 g/mol. The third-order valence-corrected chi connectivity index (χ3v) is 3.39. The average Bonchev–Trinajstić information content (AvgIpc) is 2.99. The van der Waals surface area contributed by atoms with Crippen molar-refractivity contribution in [1.29, 1.82) is 0 Å². The van der Waals surface area contributed by atoms with Gasteiger partial charge in [0.2, 0.25) is 0 Å². The number of fused-ring (bicyclic) bond motifs is 1. The topological polar surface area (TPSA) is 47.3 Å². The molecule has 1 heterocycles. The summed E-state index contributed by atoms with van der Waals surface area (Å²) in [5, 5.41) is 0. The molecule has 2 aliphatic rings. The lowest BCUT2D eigenvalue weighted by Gasteiger charge is -2.21. The van der Waals surface area contributed by atoms with Crippen LogP contribution < -0.4 is 16.0 Å². The maximum atomic E-state index is 5.92. The minimum Gasteiger partial charge on any atom is -0.488 e. The maximum Gasteiger partial charge on any atom is 0.123 e. The van der Waals surface area contributed by atoms with Gasteiger partial charge >= 0.3 is 0 Å². The Kier molecular flexibility index (Phi) is 2.15. The van der Waals surface area contributed by atoms with Gasteiger partial charge in [0.05, 0.1) is 6.04 Å². The lowest BCUT2D eigenvalue weighted by molar-refractivity contribution is 0.165. The summed E-state index contributed by atoms with van der Waals surface area (Å²) in [5.74, 6) is 7.35. The molecule has 1 aromatic carbocycles. The lowest BCUT2D eigenvalue weighted by Crippen LogP contribution is -2.47. The highest BCUT2D eigenvalue weighted by atomic mass is 16.5. The van der Waals surface area contributed by atoms with Crippen LogP contribution in [0.5, 0.6) is 5.75 Å². The van der Waals surface area contributed by atoms with Gasteiger partial charge in [-0.15, -0.1) is 0 Å². The van der Waals surface area contributed by atoms with Crippen molar-refractivity contribution in [2.45, 2.75) is 31.4 Å². The van der Waals surface area contributed by atoms with Crippen molar-refractivity contribution in [3.63, 3.8) is 0 Å². The molecule has 3 N–H and O–H groups in total. The van der Waals surface area contributed by atoms with Gasteiger partial charge in [-0.25, -0.2) is 0 Å². The van der Waals surface area contributed by atoms with Crippen molar-refractivity contribution in [2.75, 3.05) is 0 Å². The van der Waals surface area contributed by atoms with Gasteiger partial charge in [-0.2, -0.15) is 0 Å². The van der Waals surface area contributed by atoms with E-state index >= 15 is 0 Å². The molecule has 3 rings (SSSR count). The predicted molar refractivity (Wildman–Crippen MR) is 58.4 cm³/mol. The molecule has 2 atom stereocenters. The molecular weight excluding hydrogens is 188 g/mol. The molecule has 0 saturated heterocycles. The maximum absolute atomic E-state index is 5.92. The van der Waals surface area contributed by atoms with Crippen LogP contribution in [-0.4, -0.2) is 12.1 Å². The van der Waals surface area contributed by atoms with Gasteiger partial charge in [-0.05, 0) is 30.4 Å². The number of hydrogen-bond donors (Lipinski definition) is 2. The van der Waals surface area contributed by atoms with Gasteiger partial charge < -0.3 is 4.74 Å². The van der Waals surface area contributed by atoms with Gasteiger partial charge in [0.25, 0.3) is 0 Å². The SMILES string of the molecule is NNC(C1CC1)C1Cc2ccccc2O1. The summed E-state index contributed by atoms with van der Waals surface area (Å²) >= 11 is 0. The molecule has 1 aliphatic heterocycles. The van der Waals surface area contributed by atoms with Crippen LogP contribution in [0, 0.1) is 5.92 Å². The quantitative estimate of drug-likeness (QED) is 0.575. The van der Waals surface area contributed by atoms with E-state index < -0.39 is 0 Å². The van der Waals surface area contributed by atoms with E-state index in [0.717, 1.165) is 12.2 Å². The number of para-hydroxylation sites is 1. The zero-order chi connectivity index (χ0) is 10.3. The summed E-state index contributed by atoms with van der Waals surface area (Å²) < 4.78 is 5.92. The van der Waals surface area contributed by atoms with Crippen molar-refractivity contribution < 1.29 is 4.74 Å². The Morgan fingerprint density at radius 1 is 1.33 bits per heavy atom. The first-order chi connectivity index (χ1) is 7.38. The van der Waals surface area contributed by atoms with E-state index in [2.05, 4.69) is 17.6 Å². The number of nitrogens with two attached hydrogens (primary N) is 1. The lowest BCUT2D eigenvalue weighted by atomic mass is 10.0. The molecule has 0 bridgehead atoms. The number of ether oxygens (including phenoxy) is 1. The molecule has 80 valence electrons. The summed E-state index contributed by atoms with van der Waals surface area (Å²) in [5.41, 5.74) is 4.22. The summed E-state index contributed by atoms with van der Waals surface area (Å²) in [7, 11) is 0. The van der Waals surface area contributed by atoms with Gasteiger partial charge in [-0.1, -0.05) is 18.2 Å². The highest BCUT2D eigenvalue weighted by Gasteiger charge is 2.39. The number of rotatable bonds is 3. The van der Waals surface area contributed by atoms with Crippen molar-refractivity contribution in [3.8, 4) is 5.75 Å². The Balaban J connectivity index is 1.77. The van der Waals surface area contributed by atoms with Gasteiger partial charge in [0, 0.05) is 6.42 Å². The third kappa shape index (κ3) is 1.62. The fraction of sp³-hybridized carbons (Fsp3) is 0.500. The van der Waals surface area contributed by atoms with E-state index in [4.69, 9.17) is 10.6 Å². The first-order valence-corrected chi connectivity index (χ1v) is 5.59. The summed E-state index contributed by atoms with van der Waals surface area (Å²) in [6.45, 7) is 0. The number of benzene rings is 1. The minimum atomic E-state index is 0.222. The van der Waals surface area contributed by atoms with Crippen molar-refractivity contribution >= 4 is 0 Å². The molecular formula is C12H16N2O. The largest absolute Gasteiger partial charge is 0.488 e. The Morgan fingerprint density at radius 2 is 2.13 bits per heavy atom. The predicted octanol–water partition coefficient (Wildman–Crippen LogP) is 1.23. The summed E-state index contributed by atoms with van der Waals surface area (Å²) in [6.07, 6.45) is 3.78. The second-order valence-electron chi connectivity index (χ2n) is 4.50. The average molecular weight is 204 g/mol. The van der Waals surface area contributed by atoms with Crippen LogP contribution in [0.15, 0.2) is 24.3 Å². The molecule has 1 aliphatic carbocycles. The zero-order valence-corrected chi connectivity index (χ0v) is 8.65.